The van der Waals surface area contributed by atoms with Gasteiger partial charge in [0.1, 0.15) is 12.6 Å². The van der Waals surface area contributed by atoms with Gasteiger partial charge in [0.15, 0.2) is 0 Å². The van der Waals surface area contributed by atoms with Gasteiger partial charge in [-0.15, -0.1) is 0 Å². The molecule has 4 nitrogen and oxygen atoms in total. The van der Waals surface area contributed by atoms with Gasteiger partial charge in [0.25, 0.3) is 0 Å². The average molecular weight is 334 g/mol. The first-order valence-electron chi connectivity index (χ1n) is 8.71. The predicted molar refractivity (Wildman–Crippen MR) is 98.4 cm³/mol. The summed E-state index contributed by atoms with van der Waals surface area (Å²) in [5.41, 5.74) is 3.35. The van der Waals surface area contributed by atoms with E-state index >= 15 is 0 Å². The zero-order chi connectivity index (χ0) is 17.2. The van der Waals surface area contributed by atoms with E-state index in [1.54, 1.807) is 0 Å². The van der Waals surface area contributed by atoms with E-state index in [-0.39, 0.29) is 12.0 Å². The first-order valence-corrected chi connectivity index (χ1v) is 8.71. The first-order chi connectivity index (χ1) is 12.2. The molecule has 1 aromatic heterocycles. The molecule has 1 saturated heterocycles. The molecular weight excluding hydrogens is 312 g/mol. The lowest BCUT2D eigenvalue weighted by molar-refractivity contribution is -0.139. The minimum Gasteiger partial charge on any atom is -0.370 e. The second-order valence-corrected chi connectivity index (χ2v) is 6.54. The van der Waals surface area contributed by atoms with Crippen LogP contribution in [-0.2, 0) is 16.1 Å². The van der Waals surface area contributed by atoms with Gasteiger partial charge in [0, 0.05) is 17.8 Å². The van der Waals surface area contributed by atoms with Crippen LogP contribution in [0.1, 0.15) is 17.4 Å². The predicted octanol–water partition coefficient (Wildman–Crippen LogP) is 3.55. The zero-order valence-corrected chi connectivity index (χ0v) is 14.4. The number of rotatable bonds is 3. The number of amides is 1. The quantitative estimate of drug-likeness (QED) is 0.734. The lowest BCUT2D eigenvalue weighted by Crippen LogP contribution is -2.43. The molecule has 0 N–H and O–H groups in total. The van der Waals surface area contributed by atoms with Crippen LogP contribution in [0.2, 0.25) is 0 Å². The fraction of sp³-hybridized carbons (Fsp3) is 0.286. The van der Waals surface area contributed by atoms with E-state index in [0.717, 1.165) is 16.8 Å². The number of carbonyl (C=O) groups is 1. The Balaban J connectivity index is 1.51. The summed E-state index contributed by atoms with van der Waals surface area (Å²) in [5, 5.41) is 1.18. The molecule has 1 aliphatic rings. The molecule has 1 amide bonds. The zero-order valence-electron chi connectivity index (χ0n) is 14.4. The maximum atomic E-state index is 12.9. The summed E-state index contributed by atoms with van der Waals surface area (Å²) in [6.45, 7) is 4.28. The van der Waals surface area contributed by atoms with E-state index in [2.05, 4.69) is 41.8 Å². The molecule has 0 aliphatic carbocycles. The molecule has 0 unspecified atom stereocenters. The second-order valence-electron chi connectivity index (χ2n) is 6.54. The van der Waals surface area contributed by atoms with Crippen LogP contribution in [0.3, 0.4) is 0 Å². The molecule has 0 radical (unpaired) electrons. The number of nitrogens with zero attached hydrogens (tertiary/aromatic N) is 2. The Morgan fingerprint density at radius 3 is 2.72 bits per heavy atom. The Labute approximate surface area is 147 Å². The SMILES string of the molecule is Cc1cc2ccccc2n1CC(=O)N1CCO[C@@H](c2ccccc2)C1. The molecule has 25 heavy (non-hydrogen) atoms. The smallest absolute Gasteiger partial charge is 0.242 e. The van der Waals surface area contributed by atoms with Crippen LogP contribution in [0.25, 0.3) is 10.9 Å². The number of aryl methyl sites for hydroxylation is 1. The lowest BCUT2D eigenvalue weighted by Gasteiger charge is -2.33. The van der Waals surface area contributed by atoms with E-state index in [1.807, 2.05) is 35.2 Å². The van der Waals surface area contributed by atoms with Gasteiger partial charge in [-0.3, -0.25) is 4.79 Å². The Hall–Kier alpha value is -2.59. The van der Waals surface area contributed by atoms with Crippen LogP contribution in [-0.4, -0.2) is 35.1 Å². The van der Waals surface area contributed by atoms with E-state index in [1.165, 1.54) is 5.39 Å². The van der Waals surface area contributed by atoms with Crippen LogP contribution in [0.5, 0.6) is 0 Å². The van der Waals surface area contributed by atoms with Crippen molar-refractivity contribution < 1.29 is 9.53 Å². The molecule has 2 heterocycles. The fourth-order valence-corrected chi connectivity index (χ4v) is 3.54. The van der Waals surface area contributed by atoms with E-state index in [4.69, 9.17) is 4.74 Å². The summed E-state index contributed by atoms with van der Waals surface area (Å²) < 4.78 is 7.97. The number of ether oxygens (including phenoxy) is 1. The van der Waals surface area contributed by atoms with E-state index < -0.39 is 0 Å². The Kier molecular flexibility index (Phi) is 4.28. The van der Waals surface area contributed by atoms with Gasteiger partial charge in [0.2, 0.25) is 5.91 Å². The third-order valence-electron chi connectivity index (χ3n) is 4.90. The van der Waals surface area contributed by atoms with E-state index in [9.17, 15) is 4.79 Å². The van der Waals surface area contributed by atoms with Gasteiger partial charge in [0.05, 0.1) is 13.2 Å². The topological polar surface area (TPSA) is 34.5 Å². The largest absolute Gasteiger partial charge is 0.370 e. The number of morpholine rings is 1. The molecular formula is C21H22N2O2. The van der Waals surface area contributed by atoms with Gasteiger partial charge in [-0.2, -0.15) is 0 Å². The number of para-hydroxylation sites is 1. The Morgan fingerprint density at radius 2 is 1.88 bits per heavy atom. The number of benzene rings is 2. The number of fused-ring (bicyclic) bond motifs is 1. The van der Waals surface area contributed by atoms with E-state index in [0.29, 0.717) is 26.2 Å². The van der Waals surface area contributed by atoms with Crippen LogP contribution in [0.4, 0.5) is 0 Å². The summed E-state index contributed by atoms with van der Waals surface area (Å²) >= 11 is 0. The van der Waals surface area contributed by atoms with Crippen molar-refractivity contribution in [3.63, 3.8) is 0 Å². The van der Waals surface area contributed by atoms with Crippen LogP contribution < -0.4 is 0 Å². The summed E-state index contributed by atoms with van der Waals surface area (Å²) in [6, 6.07) is 20.5. The van der Waals surface area contributed by atoms with Crippen LogP contribution in [0.15, 0.2) is 60.7 Å². The Bertz CT molecular complexity index is 885. The summed E-state index contributed by atoms with van der Waals surface area (Å²) in [6.07, 6.45) is -0.0404. The minimum absolute atomic E-state index is 0.0404. The maximum Gasteiger partial charge on any atom is 0.242 e. The highest BCUT2D eigenvalue weighted by molar-refractivity contribution is 5.84. The van der Waals surface area contributed by atoms with Crippen LogP contribution in [0, 0.1) is 6.92 Å². The highest BCUT2D eigenvalue weighted by Crippen LogP contribution is 2.23. The lowest BCUT2D eigenvalue weighted by atomic mass is 10.1. The molecule has 2 aromatic carbocycles. The van der Waals surface area contributed by atoms with Gasteiger partial charge in [-0.1, -0.05) is 48.5 Å². The van der Waals surface area contributed by atoms with Gasteiger partial charge in [-0.05, 0) is 30.0 Å². The molecule has 0 spiro atoms. The number of hydrogen-bond acceptors (Lipinski definition) is 2. The third kappa shape index (κ3) is 3.17. The Morgan fingerprint density at radius 1 is 1.12 bits per heavy atom. The molecule has 1 aliphatic heterocycles. The minimum atomic E-state index is -0.0404. The molecule has 1 atom stereocenters. The second kappa shape index (κ2) is 6.73. The van der Waals surface area contributed by atoms with Crippen molar-refractivity contribution in [2.75, 3.05) is 19.7 Å². The molecule has 1 fully saturated rings. The molecule has 3 aromatic rings. The summed E-state index contributed by atoms with van der Waals surface area (Å²) in [5.74, 6) is 0.147. The fourth-order valence-electron chi connectivity index (χ4n) is 3.54. The van der Waals surface area contributed by atoms with Gasteiger partial charge in [-0.25, -0.2) is 0 Å². The molecule has 0 saturated carbocycles. The maximum absolute atomic E-state index is 12.9. The van der Waals surface area contributed by atoms with Crippen molar-refractivity contribution in [2.45, 2.75) is 19.6 Å². The molecule has 4 heteroatoms. The standard InChI is InChI=1S/C21H22N2O2/c1-16-13-18-9-5-6-10-19(18)23(16)15-21(24)22-11-12-25-20(14-22)17-7-3-2-4-8-17/h2-10,13,20H,11-12,14-15H2,1H3/t20-/m1/s1. The van der Waals surface area contributed by atoms with Crippen molar-refractivity contribution in [2.24, 2.45) is 0 Å². The summed E-state index contributed by atoms with van der Waals surface area (Å²) in [7, 11) is 0. The van der Waals surface area contributed by atoms with Gasteiger partial charge >= 0.3 is 0 Å². The molecule has 0 bridgehead atoms. The number of carbonyl (C=O) groups excluding carboxylic acids is 1. The normalized spacial score (nSPS) is 17.8. The number of aromatic nitrogens is 1. The van der Waals surface area contributed by atoms with Gasteiger partial charge < -0.3 is 14.2 Å². The van der Waals surface area contributed by atoms with Crippen molar-refractivity contribution >= 4 is 16.8 Å². The van der Waals surface area contributed by atoms with Crippen molar-refractivity contribution in [1.82, 2.24) is 9.47 Å². The highest BCUT2D eigenvalue weighted by Gasteiger charge is 2.25. The average Bonchev–Trinajstić information content (AvgIpc) is 2.98. The summed E-state index contributed by atoms with van der Waals surface area (Å²) in [4.78, 5) is 14.8. The number of hydrogen-bond donors (Lipinski definition) is 0. The highest BCUT2D eigenvalue weighted by atomic mass is 16.5. The first kappa shape index (κ1) is 15.9. The van der Waals surface area contributed by atoms with Crippen molar-refractivity contribution in [1.29, 1.82) is 0 Å². The monoisotopic (exact) mass is 334 g/mol. The van der Waals surface area contributed by atoms with Crippen molar-refractivity contribution in [3.8, 4) is 0 Å². The van der Waals surface area contributed by atoms with Crippen LogP contribution >= 0.6 is 0 Å². The molecule has 128 valence electrons. The van der Waals surface area contributed by atoms with Crippen molar-refractivity contribution in [3.05, 3.63) is 71.9 Å². The molecule has 4 rings (SSSR count). The third-order valence-corrected chi connectivity index (χ3v) is 4.90.